The first-order chi connectivity index (χ1) is 16.9. The summed E-state index contributed by atoms with van der Waals surface area (Å²) in [5, 5.41) is 10.7. The first-order valence-corrected chi connectivity index (χ1v) is 12.2. The highest BCUT2D eigenvalue weighted by Crippen LogP contribution is 2.30. The van der Waals surface area contributed by atoms with Crippen LogP contribution in [0.4, 0.5) is 24.7 Å². The van der Waals surface area contributed by atoms with Gasteiger partial charge in [-0.05, 0) is 57.4 Å². The summed E-state index contributed by atoms with van der Waals surface area (Å²) in [5.41, 5.74) is 1.10. The van der Waals surface area contributed by atoms with Crippen LogP contribution in [-0.4, -0.2) is 65.7 Å². The number of anilines is 2. The summed E-state index contributed by atoms with van der Waals surface area (Å²) >= 11 is 0. The Morgan fingerprint density at radius 3 is 2.39 bits per heavy atom. The third kappa shape index (κ3) is 5.54. The number of aromatic amines is 1. The van der Waals surface area contributed by atoms with Crippen LogP contribution in [-0.2, 0) is 16.2 Å². The van der Waals surface area contributed by atoms with E-state index in [0.717, 1.165) is 23.7 Å². The number of hydrogen-bond donors (Lipinski definition) is 3. The predicted molar refractivity (Wildman–Crippen MR) is 129 cm³/mol. The fraction of sp³-hybridized carbons (Fsp3) is 0.273. The number of fused-ring (bicyclic) bond motifs is 1. The van der Waals surface area contributed by atoms with Gasteiger partial charge in [0.25, 0.3) is 10.0 Å². The number of hydrogen-bond acceptors (Lipinski definition) is 8. The Bertz CT molecular complexity index is 1470. The molecule has 0 amide bonds. The number of alkyl halides is 3. The molecule has 0 spiro atoms. The zero-order valence-corrected chi connectivity index (χ0v) is 20.4. The molecule has 0 atom stereocenters. The number of nitrogens with zero attached hydrogens (tertiary/aromatic N) is 5. The molecule has 0 radical (unpaired) electrons. The number of aromatic nitrogens is 5. The van der Waals surface area contributed by atoms with Crippen molar-refractivity contribution in [1.82, 2.24) is 30.0 Å². The smallest absolute Gasteiger partial charge is 0.368 e. The maximum atomic E-state index is 12.7. The van der Waals surface area contributed by atoms with Gasteiger partial charge in [-0.2, -0.15) is 26.7 Å². The molecule has 190 valence electrons. The van der Waals surface area contributed by atoms with Crippen LogP contribution in [0.1, 0.15) is 11.3 Å². The second-order valence-electron chi connectivity index (χ2n) is 8.22. The summed E-state index contributed by atoms with van der Waals surface area (Å²) in [7, 11) is -0.255. The molecule has 0 saturated carbocycles. The Morgan fingerprint density at radius 2 is 1.78 bits per heavy atom. The SMILES string of the molecule is Cc1n[nH]c2nc(-c3ccc(NS(=O)(=O)c4ccc(C(F)(F)F)cn4)cc3)nc(NCCN(C)C)c12. The van der Waals surface area contributed by atoms with Gasteiger partial charge < -0.3 is 10.2 Å². The van der Waals surface area contributed by atoms with E-state index in [2.05, 4.69) is 35.2 Å². The van der Waals surface area contributed by atoms with Crippen LogP contribution in [0.2, 0.25) is 0 Å². The lowest BCUT2D eigenvalue weighted by atomic mass is 10.2. The van der Waals surface area contributed by atoms with Crippen molar-refractivity contribution in [3.63, 3.8) is 0 Å². The van der Waals surface area contributed by atoms with Gasteiger partial charge in [0.05, 0.1) is 16.6 Å². The molecule has 0 saturated heterocycles. The van der Waals surface area contributed by atoms with Crippen LogP contribution < -0.4 is 10.0 Å². The Hall–Kier alpha value is -3.78. The number of halogens is 3. The Morgan fingerprint density at radius 1 is 1.06 bits per heavy atom. The lowest BCUT2D eigenvalue weighted by molar-refractivity contribution is -0.137. The van der Waals surface area contributed by atoms with Crippen LogP contribution in [0.15, 0.2) is 47.6 Å². The van der Waals surface area contributed by atoms with E-state index >= 15 is 0 Å². The van der Waals surface area contributed by atoms with Gasteiger partial charge in [-0.3, -0.25) is 9.82 Å². The summed E-state index contributed by atoms with van der Waals surface area (Å²) in [4.78, 5) is 14.6. The molecule has 4 rings (SSSR count). The van der Waals surface area contributed by atoms with Gasteiger partial charge in [0.15, 0.2) is 16.5 Å². The van der Waals surface area contributed by atoms with E-state index in [1.165, 1.54) is 12.1 Å². The zero-order chi connectivity index (χ0) is 26.1. The van der Waals surface area contributed by atoms with Crippen molar-refractivity contribution >= 4 is 32.6 Å². The van der Waals surface area contributed by atoms with Gasteiger partial charge in [-0.25, -0.2) is 15.0 Å². The van der Waals surface area contributed by atoms with Gasteiger partial charge in [-0.15, -0.1) is 0 Å². The molecule has 0 fully saturated rings. The average Bonchev–Trinajstić information content (AvgIpc) is 3.19. The molecular weight excluding hydrogens is 497 g/mol. The molecule has 36 heavy (non-hydrogen) atoms. The number of benzene rings is 1. The lowest BCUT2D eigenvalue weighted by Crippen LogP contribution is -2.21. The van der Waals surface area contributed by atoms with Crippen molar-refractivity contribution in [1.29, 1.82) is 0 Å². The molecule has 14 heteroatoms. The van der Waals surface area contributed by atoms with Crippen LogP contribution >= 0.6 is 0 Å². The molecule has 0 aliphatic carbocycles. The van der Waals surface area contributed by atoms with Crippen molar-refractivity contribution < 1.29 is 21.6 Å². The minimum atomic E-state index is -4.61. The van der Waals surface area contributed by atoms with Crippen LogP contribution in [0.25, 0.3) is 22.4 Å². The van der Waals surface area contributed by atoms with Crippen molar-refractivity contribution in [3.8, 4) is 11.4 Å². The van der Waals surface area contributed by atoms with Crippen molar-refractivity contribution in [3.05, 3.63) is 53.9 Å². The quantitative estimate of drug-likeness (QED) is 0.322. The average molecular weight is 521 g/mol. The largest absolute Gasteiger partial charge is 0.417 e. The number of aryl methyl sites for hydroxylation is 1. The zero-order valence-electron chi connectivity index (χ0n) is 19.6. The Labute approximate surface area is 205 Å². The molecular formula is C22H23F3N8O2S. The highest BCUT2D eigenvalue weighted by molar-refractivity contribution is 7.92. The van der Waals surface area contributed by atoms with Gasteiger partial charge in [0.1, 0.15) is 5.82 Å². The van der Waals surface area contributed by atoms with Crippen LogP contribution in [0.3, 0.4) is 0 Å². The molecule has 0 unspecified atom stereocenters. The molecule has 3 N–H and O–H groups in total. The van der Waals surface area contributed by atoms with Gasteiger partial charge in [-0.1, -0.05) is 0 Å². The second kappa shape index (κ2) is 9.70. The fourth-order valence-electron chi connectivity index (χ4n) is 3.33. The molecule has 0 bridgehead atoms. The van der Waals surface area contributed by atoms with E-state index in [1.54, 1.807) is 12.1 Å². The molecule has 1 aromatic carbocycles. The maximum absolute atomic E-state index is 12.7. The fourth-order valence-corrected chi connectivity index (χ4v) is 4.32. The monoisotopic (exact) mass is 520 g/mol. The van der Waals surface area contributed by atoms with E-state index < -0.39 is 26.8 Å². The summed E-state index contributed by atoms with van der Waals surface area (Å²) in [6.07, 6.45) is -4.13. The summed E-state index contributed by atoms with van der Waals surface area (Å²) in [6, 6.07) is 7.74. The van der Waals surface area contributed by atoms with E-state index in [4.69, 9.17) is 0 Å². The van der Waals surface area contributed by atoms with Crippen molar-refractivity contribution in [2.45, 2.75) is 18.1 Å². The standard InChI is InChI=1S/C22H23F3N8O2S/c1-13-18-20(26-10-11-33(2)3)28-19(29-21(18)31-30-13)14-4-7-16(8-5-14)32-36(34,35)17-9-6-15(12-27-17)22(23,24)25/h4-9,12,32H,10-11H2,1-3H3,(H2,26,28,29,30,31). The van der Waals surface area contributed by atoms with Crippen LogP contribution in [0, 0.1) is 6.92 Å². The minimum absolute atomic E-state index is 0.197. The molecule has 3 aromatic heterocycles. The molecule has 10 nitrogen and oxygen atoms in total. The first kappa shape index (κ1) is 25.3. The summed E-state index contributed by atoms with van der Waals surface area (Å²) in [5.74, 6) is 1.03. The summed E-state index contributed by atoms with van der Waals surface area (Å²) in [6.45, 7) is 3.30. The van der Waals surface area contributed by atoms with E-state index in [-0.39, 0.29) is 5.69 Å². The van der Waals surface area contributed by atoms with E-state index in [1.807, 2.05) is 25.9 Å². The number of H-pyrrole nitrogens is 1. The minimum Gasteiger partial charge on any atom is -0.368 e. The number of nitrogens with one attached hydrogen (secondary N) is 3. The maximum Gasteiger partial charge on any atom is 0.417 e. The predicted octanol–water partition coefficient (Wildman–Crippen LogP) is 3.52. The molecule has 3 heterocycles. The number of likely N-dealkylation sites (N-methyl/N-ethyl adjacent to an activating group) is 1. The van der Waals surface area contributed by atoms with Crippen molar-refractivity contribution in [2.24, 2.45) is 0 Å². The third-order valence-electron chi connectivity index (χ3n) is 5.19. The van der Waals surface area contributed by atoms with Gasteiger partial charge in [0, 0.05) is 30.5 Å². The molecule has 0 aliphatic rings. The molecule has 4 aromatic rings. The summed E-state index contributed by atoms with van der Waals surface area (Å²) < 4.78 is 65.6. The Balaban J connectivity index is 1.56. The van der Waals surface area contributed by atoms with E-state index in [0.29, 0.717) is 41.7 Å². The Kier molecular flexibility index (Phi) is 6.82. The highest BCUT2D eigenvalue weighted by Gasteiger charge is 2.31. The number of rotatable bonds is 8. The third-order valence-corrected chi connectivity index (χ3v) is 6.48. The van der Waals surface area contributed by atoms with E-state index in [9.17, 15) is 21.6 Å². The first-order valence-electron chi connectivity index (χ1n) is 10.7. The normalized spacial score (nSPS) is 12.3. The number of pyridine rings is 1. The number of sulfonamides is 1. The topological polar surface area (TPSA) is 129 Å². The van der Waals surface area contributed by atoms with Crippen molar-refractivity contribution in [2.75, 3.05) is 37.2 Å². The second-order valence-corrected chi connectivity index (χ2v) is 9.85. The highest BCUT2D eigenvalue weighted by atomic mass is 32.2. The van der Waals surface area contributed by atoms with Gasteiger partial charge >= 0.3 is 6.18 Å². The van der Waals surface area contributed by atoms with Gasteiger partial charge in [0.2, 0.25) is 0 Å². The van der Waals surface area contributed by atoms with Crippen LogP contribution in [0.5, 0.6) is 0 Å². The molecule has 0 aliphatic heterocycles. The lowest BCUT2D eigenvalue weighted by Gasteiger charge is -2.13.